The first-order valence-electron chi connectivity index (χ1n) is 7.09. The molecule has 4 rings (SSSR count). The Kier molecular flexibility index (Phi) is 2.41. The molecule has 0 bridgehead atoms. The molecule has 2 aliphatic rings. The highest BCUT2D eigenvalue weighted by molar-refractivity contribution is 6.00. The van der Waals surface area contributed by atoms with Crippen LogP contribution in [0.1, 0.15) is 29.6 Å². The summed E-state index contributed by atoms with van der Waals surface area (Å²) in [5.74, 6) is 0.532. The van der Waals surface area contributed by atoms with Gasteiger partial charge < -0.3 is 10.4 Å². The molecule has 3 atom stereocenters. The Balaban J connectivity index is 1.60. The lowest BCUT2D eigenvalue weighted by Gasteiger charge is -2.22. The van der Waals surface area contributed by atoms with Gasteiger partial charge in [0.15, 0.2) is 0 Å². The van der Waals surface area contributed by atoms with E-state index in [9.17, 15) is 9.90 Å². The van der Waals surface area contributed by atoms with Crippen LogP contribution in [-0.4, -0.2) is 33.3 Å². The zero-order valence-corrected chi connectivity index (χ0v) is 11.1. The van der Waals surface area contributed by atoms with E-state index >= 15 is 0 Å². The van der Waals surface area contributed by atoms with Gasteiger partial charge in [-0.1, -0.05) is 0 Å². The molecule has 2 aromatic rings. The van der Waals surface area contributed by atoms with Crippen molar-refractivity contribution < 1.29 is 9.90 Å². The molecule has 0 spiro atoms. The molecule has 2 aromatic heterocycles. The third-order valence-corrected chi connectivity index (χ3v) is 5.06. The number of amides is 1. The summed E-state index contributed by atoms with van der Waals surface area (Å²) in [5, 5.41) is 16.9. The summed E-state index contributed by atoms with van der Waals surface area (Å²) < 4.78 is 1.70. The highest BCUT2D eigenvalue weighted by atomic mass is 16.3. The fourth-order valence-corrected chi connectivity index (χ4v) is 3.77. The van der Waals surface area contributed by atoms with Crippen molar-refractivity contribution in [3.05, 3.63) is 36.2 Å². The largest absolute Gasteiger partial charge is 0.396 e. The lowest BCUT2D eigenvalue weighted by atomic mass is 9.98. The third-order valence-electron chi connectivity index (χ3n) is 5.06. The van der Waals surface area contributed by atoms with Gasteiger partial charge in [-0.2, -0.15) is 5.10 Å². The Labute approximate surface area is 116 Å². The van der Waals surface area contributed by atoms with E-state index < -0.39 is 0 Å². The number of hydrogen-bond donors (Lipinski definition) is 2. The van der Waals surface area contributed by atoms with Crippen LogP contribution in [0.25, 0.3) is 5.52 Å². The smallest absolute Gasteiger partial charge is 0.253 e. The highest BCUT2D eigenvalue weighted by Gasteiger charge is 2.62. The van der Waals surface area contributed by atoms with Crippen molar-refractivity contribution in [2.75, 3.05) is 6.61 Å². The summed E-state index contributed by atoms with van der Waals surface area (Å²) in [6, 6.07) is 5.58. The molecule has 2 fully saturated rings. The Morgan fingerprint density at radius 3 is 3.20 bits per heavy atom. The SMILES string of the molecule is O=C(NC1CCC2CC21CO)c1cccn2nccc12. The van der Waals surface area contributed by atoms with Crippen molar-refractivity contribution >= 4 is 11.4 Å². The van der Waals surface area contributed by atoms with Crippen LogP contribution in [0.2, 0.25) is 0 Å². The van der Waals surface area contributed by atoms with Gasteiger partial charge in [-0.05, 0) is 43.4 Å². The Morgan fingerprint density at radius 2 is 2.40 bits per heavy atom. The predicted molar refractivity (Wildman–Crippen MR) is 73.3 cm³/mol. The number of aromatic nitrogens is 2. The average Bonchev–Trinajstić information content (AvgIpc) is 2.82. The maximum Gasteiger partial charge on any atom is 0.253 e. The lowest BCUT2D eigenvalue weighted by molar-refractivity contribution is 0.0899. The van der Waals surface area contributed by atoms with Gasteiger partial charge in [0.1, 0.15) is 0 Å². The van der Waals surface area contributed by atoms with E-state index in [1.165, 1.54) is 0 Å². The van der Waals surface area contributed by atoms with Crippen LogP contribution in [-0.2, 0) is 0 Å². The third kappa shape index (κ3) is 1.53. The number of carbonyl (C=O) groups excluding carboxylic acids is 1. The Hall–Kier alpha value is -1.88. The number of hydrogen-bond acceptors (Lipinski definition) is 3. The van der Waals surface area contributed by atoms with E-state index in [0.717, 1.165) is 24.8 Å². The minimum atomic E-state index is -0.0681. The zero-order valence-electron chi connectivity index (χ0n) is 11.1. The van der Waals surface area contributed by atoms with Crippen LogP contribution >= 0.6 is 0 Å². The van der Waals surface area contributed by atoms with Crippen molar-refractivity contribution in [1.82, 2.24) is 14.9 Å². The fraction of sp³-hybridized carbons (Fsp3) is 0.467. The van der Waals surface area contributed by atoms with E-state index in [1.807, 2.05) is 24.4 Å². The fourth-order valence-electron chi connectivity index (χ4n) is 3.77. The molecule has 2 N–H and O–H groups in total. The summed E-state index contributed by atoms with van der Waals surface area (Å²) >= 11 is 0. The Morgan fingerprint density at radius 1 is 1.50 bits per heavy atom. The normalized spacial score (nSPS) is 31.2. The van der Waals surface area contributed by atoms with Crippen LogP contribution in [0.5, 0.6) is 0 Å². The van der Waals surface area contributed by atoms with Gasteiger partial charge in [0.05, 0.1) is 23.9 Å². The number of pyridine rings is 1. The number of rotatable bonds is 3. The number of carbonyl (C=O) groups is 1. The average molecular weight is 271 g/mol. The highest BCUT2D eigenvalue weighted by Crippen LogP contribution is 2.63. The van der Waals surface area contributed by atoms with Crippen molar-refractivity contribution in [1.29, 1.82) is 0 Å². The molecule has 104 valence electrons. The Bertz CT molecular complexity index is 677. The van der Waals surface area contributed by atoms with Gasteiger partial charge in [-0.25, -0.2) is 4.52 Å². The molecule has 2 aliphatic carbocycles. The molecule has 20 heavy (non-hydrogen) atoms. The van der Waals surface area contributed by atoms with E-state index in [1.54, 1.807) is 10.7 Å². The van der Waals surface area contributed by atoms with Crippen LogP contribution in [0.3, 0.4) is 0 Å². The second-order valence-corrected chi connectivity index (χ2v) is 5.98. The maximum absolute atomic E-state index is 12.5. The number of nitrogens with one attached hydrogen (secondary N) is 1. The van der Waals surface area contributed by atoms with Crippen molar-refractivity contribution in [3.63, 3.8) is 0 Å². The molecular formula is C15H17N3O2. The van der Waals surface area contributed by atoms with E-state index in [4.69, 9.17) is 0 Å². The summed E-state index contributed by atoms with van der Waals surface area (Å²) in [5.41, 5.74) is 1.41. The second-order valence-electron chi connectivity index (χ2n) is 5.98. The van der Waals surface area contributed by atoms with Crippen molar-refractivity contribution in [2.45, 2.75) is 25.3 Å². The topological polar surface area (TPSA) is 66.6 Å². The second kappa shape index (κ2) is 4.06. The molecule has 3 unspecified atom stereocenters. The van der Waals surface area contributed by atoms with E-state index in [0.29, 0.717) is 11.5 Å². The summed E-state index contributed by atoms with van der Waals surface area (Å²) in [6.45, 7) is 0.180. The molecule has 1 amide bonds. The molecule has 0 aromatic carbocycles. The number of nitrogens with zero attached hydrogens (tertiary/aromatic N) is 2. The van der Waals surface area contributed by atoms with E-state index in [-0.39, 0.29) is 24.0 Å². The van der Waals surface area contributed by atoms with Crippen LogP contribution in [0.15, 0.2) is 30.6 Å². The summed E-state index contributed by atoms with van der Waals surface area (Å²) in [4.78, 5) is 12.5. The number of aliphatic hydroxyl groups is 1. The quantitative estimate of drug-likeness (QED) is 0.882. The summed E-state index contributed by atoms with van der Waals surface area (Å²) in [7, 11) is 0. The molecule has 2 heterocycles. The first-order chi connectivity index (χ1) is 9.74. The molecular weight excluding hydrogens is 254 g/mol. The van der Waals surface area contributed by atoms with Crippen molar-refractivity contribution in [3.8, 4) is 0 Å². The molecule has 2 saturated carbocycles. The van der Waals surface area contributed by atoms with Gasteiger partial charge in [0, 0.05) is 17.7 Å². The standard InChI is InChI=1S/C15H17N3O2/c19-9-15-8-10(15)3-4-13(15)17-14(20)11-2-1-7-18-12(11)5-6-16-18/h1-2,5-7,10,13,19H,3-4,8-9H2,(H,17,20). The lowest BCUT2D eigenvalue weighted by Crippen LogP contribution is -2.41. The molecule has 0 saturated heterocycles. The first kappa shape index (κ1) is 11.9. The minimum absolute atomic E-state index is 0.0407. The van der Waals surface area contributed by atoms with Gasteiger partial charge in [-0.15, -0.1) is 0 Å². The van der Waals surface area contributed by atoms with Gasteiger partial charge >= 0.3 is 0 Å². The molecule has 0 aliphatic heterocycles. The van der Waals surface area contributed by atoms with Crippen LogP contribution < -0.4 is 5.32 Å². The predicted octanol–water partition coefficient (Wildman–Crippen LogP) is 1.23. The monoisotopic (exact) mass is 271 g/mol. The summed E-state index contributed by atoms with van der Waals surface area (Å²) in [6.07, 6.45) is 6.65. The van der Waals surface area contributed by atoms with Crippen molar-refractivity contribution in [2.24, 2.45) is 11.3 Å². The maximum atomic E-state index is 12.5. The van der Waals surface area contributed by atoms with E-state index in [2.05, 4.69) is 10.4 Å². The molecule has 0 radical (unpaired) electrons. The number of fused-ring (bicyclic) bond motifs is 2. The van der Waals surface area contributed by atoms with Crippen LogP contribution in [0.4, 0.5) is 0 Å². The molecule has 5 heteroatoms. The van der Waals surface area contributed by atoms with Gasteiger partial charge in [0.25, 0.3) is 5.91 Å². The number of aliphatic hydroxyl groups excluding tert-OH is 1. The first-order valence-corrected chi connectivity index (χ1v) is 7.09. The van der Waals surface area contributed by atoms with Crippen LogP contribution in [0, 0.1) is 11.3 Å². The minimum Gasteiger partial charge on any atom is -0.396 e. The van der Waals surface area contributed by atoms with Gasteiger partial charge in [0.2, 0.25) is 0 Å². The van der Waals surface area contributed by atoms with Gasteiger partial charge in [-0.3, -0.25) is 4.79 Å². The molecule has 5 nitrogen and oxygen atoms in total. The zero-order chi connectivity index (χ0) is 13.7.